The Labute approximate surface area is 119 Å². The zero-order valence-electron chi connectivity index (χ0n) is 11.5. The molecule has 3 N–H and O–H groups in total. The molecule has 5 heteroatoms. The Balaban J connectivity index is 2.16. The van der Waals surface area contributed by atoms with E-state index in [-0.39, 0.29) is 12.1 Å². The number of nitrogens with one attached hydrogen (secondary N) is 1. The van der Waals surface area contributed by atoms with E-state index in [2.05, 4.69) is 24.2 Å². The molecule has 19 heavy (non-hydrogen) atoms. The van der Waals surface area contributed by atoms with Crippen LogP contribution in [-0.2, 0) is 4.74 Å². The van der Waals surface area contributed by atoms with Crippen molar-refractivity contribution in [1.29, 1.82) is 0 Å². The van der Waals surface area contributed by atoms with Gasteiger partial charge in [-0.2, -0.15) is 0 Å². The molecule has 1 heterocycles. The maximum Gasteiger partial charge on any atom is 0.0910 e. The van der Waals surface area contributed by atoms with Crippen LogP contribution in [0.5, 0.6) is 0 Å². The summed E-state index contributed by atoms with van der Waals surface area (Å²) < 4.78 is 5.88. The SMILES string of the molecule is CC(C)N1CCOC(C(NN)c2ccccc2Cl)C1. The van der Waals surface area contributed by atoms with Gasteiger partial charge in [-0.05, 0) is 25.5 Å². The predicted molar refractivity (Wildman–Crippen MR) is 78.0 cm³/mol. The van der Waals surface area contributed by atoms with Gasteiger partial charge in [-0.3, -0.25) is 16.2 Å². The van der Waals surface area contributed by atoms with Crippen molar-refractivity contribution in [1.82, 2.24) is 10.3 Å². The van der Waals surface area contributed by atoms with Crippen molar-refractivity contribution >= 4 is 11.6 Å². The van der Waals surface area contributed by atoms with Crippen LogP contribution in [0.3, 0.4) is 0 Å². The average molecular weight is 284 g/mol. The highest BCUT2D eigenvalue weighted by Gasteiger charge is 2.30. The van der Waals surface area contributed by atoms with Gasteiger partial charge in [0.15, 0.2) is 0 Å². The lowest BCUT2D eigenvalue weighted by molar-refractivity contribution is -0.0561. The van der Waals surface area contributed by atoms with E-state index < -0.39 is 0 Å². The van der Waals surface area contributed by atoms with Gasteiger partial charge in [0.05, 0.1) is 18.8 Å². The van der Waals surface area contributed by atoms with Crippen LogP contribution in [0.15, 0.2) is 24.3 Å². The maximum absolute atomic E-state index is 6.25. The first-order valence-corrected chi connectivity index (χ1v) is 7.07. The van der Waals surface area contributed by atoms with Crippen molar-refractivity contribution in [2.45, 2.75) is 32.0 Å². The third kappa shape index (κ3) is 3.46. The van der Waals surface area contributed by atoms with Gasteiger partial charge in [0.25, 0.3) is 0 Å². The fraction of sp³-hybridized carbons (Fsp3) is 0.571. The number of halogens is 1. The number of hydrogen-bond acceptors (Lipinski definition) is 4. The molecule has 106 valence electrons. The van der Waals surface area contributed by atoms with Crippen LogP contribution in [0.25, 0.3) is 0 Å². The molecule has 1 aromatic carbocycles. The minimum atomic E-state index is -0.0877. The van der Waals surface area contributed by atoms with Crippen molar-refractivity contribution in [3.63, 3.8) is 0 Å². The van der Waals surface area contributed by atoms with Gasteiger partial charge < -0.3 is 4.74 Å². The highest BCUT2D eigenvalue weighted by atomic mass is 35.5. The Morgan fingerprint density at radius 2 is 2.16 bits per heavy atom. The van der Waals surface area contributed by atoms with Crippen LogP contribution < -0.4 is 11.3 Å². The van der Waals surface area contributed by atoms with Crippen LogP contribution in [0, 0.1) is 0 Å². The first-order valence-electron chi connectivity index (χ1n) is 6.69. The summed E-state index contributed by atoms with van der Waals surface area (Å²) in [6.07, 6.45) is 0.0149. The average Bonchev–Trinajstić information content (AvgIpc) is 2.42. The molecule has 0 spiro atoms. The summed E-state index contributed by atoms with van der Waals surface area (Å²) in [5.41, 5.74) is 3.84. The molecule has 2 rings (SSSR count). The number of morpholine rings is 1. The molecule has 4 nitrogen and oxygen atoms in total. The minimum absolute atomic E-state index is 0.0149. The van der Waals surface area contributed by atoms with Gasteiger partial charge in [0, 0.05) is 24.2 Å². The molecular weight excluding hydrogens is 262 g/mol. The summed E-state index contributed by atoms with van der Waals surface area (Å²) in [5, 5.41) is 0.718. The number of ether oxygens (including phenoxy) is 1. The van der Waals surface area contributed by atoms with Crippen LogP contribution in [0.1, 0.15) is 25.5 Å². The van der Waals surface area contributed by atoms with Gasteiger partial charge in [-0.15, -0.1) is 0 Å². The summed E-state index contributed by atoms with van der Waals surface area (Å²) in [6.45, 7) is 6.95. The molecule has 0 amide bonds. The lowest BCUT2D eigenvalue weighted by Crippen LogP contribution is -2.51. The molecule has 2 atom stereocenters. The Hall–Kier alpha value is -0.650. The number of hydrogen-bond donors (Lipinski definition) is 2. The normalized spacial score (nSPS) is 22.7. The van der Waals surface area contributed by atoms with E-state index in [1.165, 1.54) is 0 Å². The number of benzene rings is 1. The monoisotopic (exact) mass is 283 g/mol. The Morgan fingerprint density at radius 3 is 2.79 bits per heavy atom. The fourth-order valence-corrected chi connectivity index (χ4v) is 2.75. The van der Waals surface area contributed by atoms with Crippen molar-refractivity contribution < 1.29 is 4.74 Å². The second-order valence-corrected chi connectivity index (χ2v) is 5.57. The molecular formula is C14H22ClN3O. The molecule has 1 aromatic rings. The molecule has 0 aromatic heterocycles. The quantitative estimate of drug-likeness (QED) is 0.655. The van der Waals surface area contributed by atoms with Gasteiger partial charge in [-0.1, -0.05) is 29.8 Å². The first kappa shape index (κ1) is 14.8. The fourth-order valence-electron chi connectivity index (χ4n) is 2.49. The van der Waals surface area contributed by atoms with Crippen molar-refractivity contribution in [3.8, 4) is 0 Å². The van der Waals surface area contributed by atoms with E-state index in [0.29, 0.717) is 6.04 Å². The van der Waals surface area contributed by atoms with E-state index >= 15 is 0 Å². The van der Waals surface area contributed by atoms with E-state index in [0.717, 1.165) is 30.3 Å². The summed E-state index contributed by atoms with van der Waals surface area (Å²) in [6, 6.07) is 8.18. The topological polar surface area (TPSA) is 50.5 Å². The van der Waals surface area contributed by atoms with Crippen LogP contribution >= 0.6 is 11.6 Å². The highest BCUT2D eigenvalue weighted by molar-refractivity contribution is 6.31. The summed E-state index contributed by atoms with van der Waals surface area (Å²) in [7, 11) is 0. The van der Waals surface area contributed by atoms with Gasteiger partial charge in [0.2, 0.25) is 0 Å². The van der Waals surface area contributed by atoms with E-state index in [9.17, 15) is 0 Å². The van der Waals surface area contributed by atoms with Gasteiger partial charge >= 0.3 is 0 Å². The summed E-state index contributed by atoms with van der Waals surface area (Å²) >= 11 is 6.25. The van der Waals surface area contributed by atoms with Crippen molar-refractivity contribution in [2.24, 2.45) is 5.84 Å². The molecule has 0 radical (unpaired) electrons. The molecule has 0 aliphatic carbocycles. The number of hydrazine groups is 1. The predicted octanol–water partition coefficient (Wildman–Crippen LogP) is 1.95. The summed E-state index contributed by atoms with van der Waals surface area (Å²) in [4.78, 5) is 2.40. The van der Waals surface area contributed by atoms with E-state index in [1.807, 2.05) is 24.3 Å². The minimum Gasteiger partial charge on any atom is -0.374 e. The molecule has 1 aliphatic rings. The number of rotatable bonds is 4. The second kappa shape index (κ2) is 6.68. The molecule has 1 aliphatic heterocycles. The first-order chi connectivity index (χ1) is 9.13. The van der Waals surface area contributed by atoms with Crippen molar-refractivity contribution in [2.75, 3.05) is 19.7 Å². The second-order valence-electron chi connectivity index (χ2n) is 5.16. The van der Waals surface area contributed by atoms with E-state index in [4.69, 9.17) is 22.2 Å². The zero-order valence-corrected chi connectivity index (χ0v) is 12.2. The Bertz CT molecular complexity index is 413. The summed E-state index contributed by atoms with van der Waals surface area (Å²) in [5.74, 6) is 5.72. The van der Waals surface area contributed by atoms with Gasteiger partial charge in [-0.25, -0.2) is 0 Å². The molecule has 1 saturated heterocycles. The van der Waals surface area contributed by atoms with Crippen molar-refractivity contribution in [3.05, 3.63) is 34.9 Å². The third-order valence-corrected chi connectivity index (χ3v) is 3.99. The molecule has 1 fully saturated rings. The largest absolute Gasteiger partial charge is 0.374 e. The Kier molecular flexibility index (Phi) is 5.19. The van der Waals surface area contributed by atoms with Crippen LogP contribution in [-0.4, -0.2) is 36.7 Å². The number of nitrogens with zero attached hydrogens (tertiary/aromatic N) is 1. The third-order valence-electron chi connectivity index (χ3n) is 3.65. The standard InChI is InChI=1S/C14H22ClN3O/c1-10(2)18-7-8-19-13(9-18)14(17-16)11-5-3-4-6-12(11)15/h3-6,10,13-14,17H,7-9,16H2,1-2H3. The van der Waals surface area contributed by atoms with Crippen LogP contribution in [0.4, 0.5) is 0 Å². The van der Waals surface area contributed by atoms with E-state index in [1.54, 1.807) is 0 Å². The zero-order chi connectivity index (χ0) is 13.8. The number of nitrogens with two attached hydrogens (primary N) is 1. The maximum atomic E-state index is 6.25. The molecule has 0 saturated carbocycles. The lowest BCUT2D eigenvalue weighted by atomic mass is 10.00. The molecule has 2 unspecified atom stereocenters. The highest BCUT2D eigenvalue weighted by Crippen LogP contribution is 2.28. The smallest absolute Gasteiger partial charge is 0.0910 e. The van der Waals surface area contributed by atoms with Crippen LogP contribution in [0.2, 0.25) is 5.02 Å². The van der Waals surface area contributed by atoms with Gasteiger partial charge in [0.1, 0.15) is 0 Å². The molecule has 0 bridgehead atoms. The Morgan fingerprint density at radius 1 is 1.42 bits per heavy atom. The lowest BCUT2D eigenvalue weighted by Gasteiger charge is -2.39.